The lowest BCUT2D eigenvalue weighted by atomic mass is 10.7. The average Bonchev–Trinajstić information content (AvgIpc) is 1.38. The van der Waals surface area contributed by atoms with Crippen LogP contribution in [0.2, 0.25) is 0 Å². The summed E-state index contributed by atoms with van der Waals surface area (Å²) in [5.74, 6) is -0.968. The third kappa shape index (κ3) is 9.22. The monoisotopic (exact) mass is 109 g/mol. The van der Waals surface area contributed by atoms with Crippen LogP contribution in [0.5, 0.6) is 0 Å². The number of carboxylic acid groups (broad SMARTS) is 1. The van der Waals surface area contributed by atoms with Gasteiger partial charge >= 0.3 is 5.97 Å². The molecular weight excluding hydrogens is 102 g/mol. The van der Waals surface area contributed by atoms with Crippen molar-refractivity contribution < 1.29 is 9.90 Å². The number of hydrogen-bond acceptors (Lipinski definition) is 2. The van der Waals surface area contributed by atoms with Crippen molar-refractivity contribution in [2.24, 2.45) is 5.73 Å². The first-order valence-corrected chi connectivity index (χ1v) is 1.19. The second kappa shape index (κ2) is 4.78. The lowest BCUT2D eigenvalue weighted by molar-refractivity contribution is -0.135. The number of carbonyl (C=O) groups is 1. The molecule has 4 heteroatoms. The molecule has 0 rings (SSSR count). The van der Waals surface area contributed by atoms with Crippen molar-refractivity contribution >= 4 is 19.5 Å². The first-order valence-electron chi connectivity index (χ1n) is 1.19. The average molecular weight is 109 g/mol. The van der Waals surface area contributed by atoms with E-state index in [9.17, 15) is 4.79 Å². The van der Waals surface area contributed by atoms with Crippen LogP contribution >= 0.6 is 13.5 Å². The van der Waals surface area contributed by atoms with Crippen LogP contribution in [0.15, 0.2) is 0 Å². The third-order valence-corrected chi connectivity index (χ3v) is 0.175. The first-order chi connectivity index (χ1) is 2.27. The number of hydrogen-bond donors (Lipinski definition) is 2. The molecule has 0 aliphatic carbocycles. The van der Waals surface area contributed by atoms with E-state index in [0.29, 0.717) is 0 Å². The van der Waals surface area contributed by atoms with Gasteiger partial charge in [-0.15, -0.1) is 0 Å². The van der Waals surface area contributed by atoms with Gasteiger partial charge in [0, 0.05) is 0 Å². The Morgan fingerprint density at radius 2 is 2.00 bits per heavy atom. The van der Waals surface area contributed by atoms with Crippen molar-refractivity contribution in [2.45, 2.75) is 0 Å². The standard InChI is InChI=1S/C2H5NO2.H2S/c3-1-2(4)5;/h1,3H2,(H,4,5);1H2. The fourth-order valence-corrected chi connectivity index (χ4v) is 0. The van der Waals surface area contributed by atoms with Gasteiger partial charge in [0.1, 0.15) is 0 Å². The van der Waals surface area contributed by atoms with Gasteiger partial charge < -0.3 is 10.8 Å². The summed E-state index contributed by atoms with van der Waals surface area (Å²) >= 11 is 0. The van der Waals surface area contributed by atoms with Crippen molar-refractivity contribution in [1.29, 1.82) is 0 Å². The smallest absolute Gasteiger partial charge is 0.317 e. The fourth-order valence-electron chi connectivity index (χ4n) is 0. The highest BCUT2D eigenvalue weighted by Crippen LogP contribution is 1.43. The van der Waals surface area contributed by atoms with Gasteiger partial charge in [0.25, 0.3) is 0 Å². The molecule has 0 aromatic heterocycles. The van der Waals surface area contributed by atoms with Gasteiger partial charge in [-0.2, -0.15) is 13.5 Å². The van der Waals surface area contributed by atoms with Crippen molar-refractivity contribution in [3.8, 4) is 0 Å². The highest BCUT2D eigenvalue weighted by molar-refractivity contribution is 7.59. The summed E-state index contributed by atoms with van der Waals surface area (Å²) in [4.78, 5) is 9.24. The van der Waals surface area contributed by atoms with E-state index < -0.39 is 5.97 Å². The molecule has 0 atom stereocenters. The molecule has 0 saturated carbocycles. The Labute approximate surface area is 42.6 Å². The zero-order chi connectivity index (χ0) is 4.28. The number of carboxylic acids is 1. The fraction of sp³-hybridized carbons (Fsp3) is 0.500. The van der Waals surface area contributed by atoms with Crippen molar-refractivity contribution in [3.63, 3.8) is 0 Å². The second-order valence-electron chi connectivity index (χ2n) is 0.598. The highest BCUT2D eigenvalue weighted by Gasteiger charge is 1.81. The topological polar surface area (TPSA) is 63.3 Å². The summed E-state index contributed by atoms with van der Waals surface area (Å²) in [5.41, 5.74) is 4.57. The minimum Gasteiger partial charge on any atom is -0.480 e. The summed E-state index contributed by atoms with van der Waals surface area (Å²) in [6, 6.07) is 0. The first kappa shape index (κ1) is 9.24. The molecule has 0 heterocycles. The molecule has 0 aromatic rings. The Morgan fingerprint density at radius 3 is 2.00 bits per heavy atom. The number of rotatable bonds is 1. The van der Waals surface area contributed by atoms with E-state index in [2.05, 4.69) is 5.73 Å². The molecule has 0 aliphatic rings. The molecule has 0 unspecified atom stereocenters. The predicted molar refractivity (Wildman–Crippen MR) is 27.1 cm³/mol. The molecule has 3 nitrogen and oxygen atoms in total. The molecule has 6 heavy (non-hydrogen) atoms. The summed E-state index contributed by atoms with van der Waals surface area (Å²) in [6.45, 7) is -0.278. The second-order valence-corrected chi connectivity index (χ2v) is 0.598. The van der Waals surface area contributed by atoms with Crippen LogP contribution in [-0.2, 0) is 4.79 Å². The summed E-state index contributed by atoms with van der Waals surface area (Å²) in [6.07, 6.45) is 0. The maximum absolute atomic E-state index is 9.24. The van der Waals surface area contributed by atoms with E-state index in [1.165, 1.54) is 0 Å². The van der Waals surface area contributed by atoms with E-state index in [-0.39, 0.29) is 20.0 Å². The molecule has 0 amide bonds. The van der Waals surface area contributed by atoms with Gasteiger partial charge in [-0.3, -0.25) is 4.79 Å². The molecular formula is C2H7NO2S. The van der Waals surface area contributed by atoms with E-state index in [1.54, 1.807) is 0 Å². The molecule has 0 aromatic carbocycles. The number of nitrogens with two attached hydrogens (primary N) is 1. The zero-order valence-electron chi connectivity index (χ0n) is 3.14. The lowest BCUT2D eigenvalue weighted by Gasteiger charge is -1.73. The largest absolute Gasteiger partial charge is 0.480 e. The van der Waals surface area contributed by atoms with Crippen molar-refractivity contribution in [2.75, 3.05) is 6.54 Å². The van der Waals surface area contributed by atoms with Gasteiger partial charge in [-0.1, -0.05) is 0 Å². The lowest BCUT2D eigenvalue weighted by Crippen LogP contribution is -2.10. The van der Waals surface area contributed by atoms with Gasteiger partial charge in [0.15, 0.2) is 0 Å². The van der Waals surface area contributed by atoms with Crippen molar-refractivity contribution in [3.05, 3.63) is 0 Å². The Morgan fingerprint density at radius 1 is 1.83 bits per heavy atom. The van der Waals surface area contributed by atoms with Gasteiger partial charge in [-0.05, 0) is 0 Å². The molecule has 0 spiro atoms. The van der Waals surface area contributed by atoms with Crippen LogP contribution in [-0.4, -0.2) is 17.6 Å². The Hall–Kier alpha value is -0.220. The van der Waals surface area contributed by atoms with Crippen LogP contribution in [0.4, 0.5) is 0 Å². The molecule has 38 valence electrons. The summed E-state index contributed by atoms with van der Waals surface area (Å²) in [5, 5.41) is 7.60. The summed E-state index contributed by atoms with van der Waals surface area (Å²) in [7, 11) is 0. The minimum atomic E-state index is -0.968. The molecule has 3 N–H and O–H groups in total. The highest BCUT2D eigenvalue weighted by atomic mass is 32.1. The van der Waals surface area contributed by atoms with Crippen LogP contribution in [0.3, 0.4) is 0 Å². The van der Waals surface area contributed by atoms with Gasteiger partial charge in [-0.25, -0.2) is 0 Å². The molecule has 0 radical (unpaired) electrons. The third-order valence-electron chi connectivity index (χ3n) is 0.175. The van der Waals surface area contributed by atoms with Gasteiger partial charge in [0.2, 0.25) is 0 Å². The number of aliphatic carboxylic acids is 1. The minimum absolute atomic E-state index is 0. The van der Waals surface area contributed by atoms with Gasteiger partial charge in [0.05, 0.1) is 6.54 Å². The maximum atomic E-state index is 9.24. The van der Waals surface area contributed by atoms with Crippen molar-refractivity contribution in [1.82, 2.24) is 0 Å². The molecule has 0 fully saturated rings. The maximum Gasteiger partial charge on any atom is 0.317 e. The Kier molecular flexibility index (Phi) is 7.36. The quantitative estimate of drug-likeness (QED) is 0.460. The molecule has 0 bridgehead atoms. The SMILES string of the molecule is NCC(=O)O.S. The van der Waals surface area contributed by atoms with Crippen LogP contribution < -0.4 is 5.73 Å². The van der Waals surface area contributed by atoms with Crippen LogP contribution in [0.25, 0.3) is 0 Å². The van der Waals surface area contributed by atoms with E-state index in [4.69, 9.17) is 5.11 Å². The molecule has 0 saturated heterocycles. The summed E-state index contributed by atoms with van der Waals surface area (Å²) < 4.78 is 0. The van der Waals surface area contributed by atoms with Crippen LogP contribution in [0.1, 0.15) is 0 Å². The van der Waals surface area contributed by atoms with E-state index in [0.717, 1.165) is 0 Å². The Balaban J connectivity index is 0. The van der Waals surface area contributed by atoms with E-state index in [1.807, 2.05) is 0 Å². The van der Waals surface area contributed by atoms with E-state index >= 15 is 0 Å². The predicted octanol–water partition coefficient (Wildman–Crippen LogP) is -0.857. The molecule has 0 aliphatic heterocycles. The Bertz CT molecular complexity index is 46.8. The zero-order valence-corrected chi connectivity index (χ0v) is 4.14. The van der Waals surface area contributed by atoms with Crippen LogP contribution in [0, 0.1) is 0 Å². The normalized spacial score (nSPS) is 6.17.